The first-order chi connectivity index (χ1) is 9.32. The molecular formula is C13H15F4NO2. The normalized spacial score (nSPS) is 20.6. The van der Waals surface area contributed by atoms with E-state index in [1.165, 1.54) is 18.2 Å². The fourth-order valence-corrected chi connectivity index (χ4v) is 1.82. The number of fused-ring (bicyclic) bond motifs is 1. The van der Waals surface area contributed by atoms with Crippen molar-refractivity contribution < 1.29 is 27.0 Å². The average Bonchev–Trinajstić information content (AvgIpc) is 2.59. The molecule has 3 nitrogen and oxygen atoms in total. The summed E-state index contributed by atoms with van der Waals surface area (Å²) in [7, 11) is 0. The highest BCUT2D eigenvalue weighted by atomic mass is 19.3. The lowest BCUT2D eigenvalue weighted by molar-refractivity contribution is -0.144. The van der Waals surface area contributed by atoms with E-state index in [1.807, 2.05) is 6.92 Å². The molecule has 2 unspecified atom stereocenters. The van der Waals surface area contributed by atoms with E-state index in [9.17, 15) is 17.6 Å². The highest BCUT2D eigenvalue weighted by Crippen LogP contribution is 2.39. The fraction of sp³-hybridized carbons (Fsp3) is 0.538. The minimum atomic E-state index is -4.30. The third-order valence-corrected chi connectivity index (χ3v) is 3.08. The van der Waals surface area contributed by atoms with Gasteiger partial charge in [0.25, 0.3) is 0 Å². The van der Waals surface area contributed by atoms with Gasteiger partial charge in [0.15, 0.2) is 11.5 Å². The van der Waals surface area contributed by atoms with Crippen LogP contribution in [0.15, 0.2) is 18.2 Å². The van der Waals surface area contributed by atoms with Crippen molar-refractivity contribution in [2.24, 2.45) is 11.7 Å². The van der Waals surface area contributed by atoms with Crippen molar-refractivity contribution >= 4 is 0 Å². The van der Waals surface area contributed by atoms with Crippen molar-refractivity contribution in [3.8, 4) is 11.5 Å². The summed E-state index contributed by atoms with van der Waals surface area (Å²) in [5.74, 6) is -3.52. The molecule has 0 radical (unpaired) electrons. The molecule has 0 aromatic heterocycles. The van der Waals surface area contributed by atoms with Crippen molar-refractivity contribution in [1.29, 1.82) is 0 Å². The second kappa shape index (κ2) is 5.47. The Labute approximate surface area is 113 Å². The van der Waals surface area contributed by atoms with Crippen molar-refractivity contribution in [3.05, 3.63) is 23.8 Å². The Morgan fingerprint density at radius 3 is 2.40 bits per heavy atom. The lowest BCUT2D eigenvalue weighted by Gasteiger charge is -2.23. The van der Waals surface area contributed by atoms with Gasteiger partial charge in [-0.2, -0.15) is 8.78 Å². The van der Waals surface area contributed by atoms with E-state index in [0.717, 1.165) is 0 Å². The molecule has 0 spiro atoms. The van der Waals surface area contributed by atoms with Gasteiger partial charge in [0.05, 0.1) is 13.2 Å². The summed E-state index contributed by atoms with van der Waals surface area (Å²) < 4.78 is 62.0. The number of rotatable bonds is 3. The molecule has 7 heteroatoms. The first-order valence-corrected chi connectivity index (χ1v) is 6.13. The molecule has 0 amide bonds. The number of ether oxygens (including phenoxy) is 2. The highest BCUT2D eigenvalue weighted by molar-refractivity contribution is 5.44. The van der Waals surface area contributed by atoms with Crippen LogP contribution < -0.4 is 15.2 Å². The largest absolute Gasteiger partial charge is 0.489 e. The maximum Gasteiger partial charge on any atom is 0.326 e. The molecule has 1 aliphatic rings. The Kier molecular flexibility index (Phi) is 4.08. The van der Waals surface area contributed by atoms with E-state index in [0.29, 0.717) is 19.0 Å². The van der Waals surface area contributed by atoms with E-state index in [1.54, 1.807) is 0 Å². The van der Waals surface area contributed by atoms with Crippen LogP contribution in [0.3, 0.4) is 0 Å². The summed E-state index contributed by atoms with van der Waals surface area (Å²) >= 11 is 0. The Morgan fingerprint density at radius 1 is 1.20 bits per heavy atom. The van der Waals surface area contributed by atoms with E-state index in [4.69, 9.17) is 15.2 Å². The SMILES string of the molecule is CC1COc2ccc(C(N)C(F)(F)C(F)F)cc2OC1. The molecule has 0 saturated carbocycles. The zero-order valence-corrected chi connectivity index (χ0v) is 10.8. The molecule has 2 rings (SSSR count). The van der Waals surface area contributed by atoms with Gasteiger partial charge in [0.1, 0.15) is 6.04 Å². The Balaban J connectivity index is 2.27. The van der Waals surface area contributed by atoms with Crippen LogP contribution in [0.25, 0.3) is 0 Å². The number of nitrogens with two attached hydrogens (primary N) is 1. The van der Waals surface area contributed by atoms with Gasteiger partial charge in [-0.25, -0.2) is 8.78 Å². The summed E-state index contributed by atoms with van der Waals surface area (Å²) in [6, 6.07) is 1.79. The molecule has 2 N–H and O–H groups in total. The lowest BCUT2D eigenvalue weighted by atomic mass is 10.0. The number of halogens is 4. The zero-order chi connectivity index (χ0) is 14.9. The predicted molar refractivity (Wildman–Crippen MR) is 64.5 cm³/mol. The summed E-state index contributed by atoms with van der Waals surface area (Å²) in [5, 5.41) is 0. The molecule has 0 fully saturated rings. The Hall–Kier alpha value is -1.50. The quantitative estimate of drug-likeness (QED) is 0.871. The molecule has 1 aromatic carbocycles. The third kappa shape index (κ3) is 2.82. The minimum Gasteiger partial charge on any atom is -0.489 e. The van der Waals surface area contributed by atoms with E-state index in [2.05, 4.69) is 0 Å². The molecule has 0 saturated heterocycles. The van der Waals surface area contributed by atoms with Gasteiger partial charge in [-0.05, 0) is 17.7 Å². The van der Waals surface area contributed by atoms with Crippen molar-refractivity contribution in [3.63, 3.8) is 0 Å². The first kappa shape index (κ1) is 14.9. The summed E-state index contributed by atoms with van der Waals surface area (Å²) in [5.41, 5.74) is 5.13. The summed E-state index contributed by atoms with van der Waals surface area (Å²) in [4.78, 5) is 0. The van der Waals surface area contributed by atoms with E-state index < -0.39 is 18.4 Å². The Bertz CT molecular complexity index is 481. The van der Waals surface area contributed by atoms with Gasteiger partial charge < -0.3 is 15.2 Å². The van der Waals surface area contributed by atoms with Crippen molar-refractivity contribution in [2.75, 3.05) is 13.2 Å². The van der Waals surface area contributed by atoms with Gasteiger partial charge in [0, 0.05) is 5.92 Å². The van der Waals surface area contributed by atoms with Gasteiger partial charge in [-0.1, -0.05) is 13.0 Å². The van der Waals surface area contributed by atoms with Gasteiger partial charge in [0.2, 0.25) is 0 Å². The van der Waals surface area contributed by atoms with Crippen molar-refractivity contribution in [2.45, 2.75) is 25.3 Å². The van der Waals surface area contributed by atoms with Crippen LogP contribution in [0.1, 0.15) is 18.5 Å². The van der Waals surface area contributed by atoms with Gasteiger partial charge in [-0.3, -0.25) is 0 Å². The maximum atomic E-state index is 13.3. The topological polar surface area (TPSA) is 44.5 Å². The number of alkyl halides is 4. The predicted octanol–water partition coefficient (Wildman–Crippen LogP) is 2.99. The molecule has 2 atom stereocenters. The minimum absolute atomic E-state index is 0.118. The number of benzene rings is 1. The van der Waals surface area contributed by atoms with Gasteiger partial charge in [-0.15, -0.1) is 0 Å². The molecule has 0 bridgehead atoms. The van der Waals surface area contributed by atoms with Gasteiger partial charge >= 0.3 is 12.3 Å². The van der Waals surface area contributed by atoms with E-state index in [-0.39, 0.29) is 17.2 Å². The smallest absolute Gasteiger partial charge is 0.326 e. The molecule has 20 heavy (non-hydrogen) atoms. The molecule has 1 aliphatic heterocycles. The molecule has 1 aromatic rings. The van der Waals surface area contributed by atoms with Crippen LogP contribution in [0.2, 0.25) is 0 Å². The second-order valence-corrected chi connectivity index (χ2v) is 4.89. The average molecular weight is 293 g/mol. The molecule has 1 heterocycles. The van der Waals surface area contributed by atoms with Crippen LogP contribution >= 0.6 is 0 Å². The van der Waals surface area contributed by atoms with E-state index >= 15 is 0 Å². The standard InChI is InChI=1S/C13H15F4NO2/c1-7-5-19-9-3-2-8(4-10(9)20-6-7)11(18)13(16,17)12(14)15/h2-4,7,11-12H,5-6,18H2,1H3. The van der Waals surface area contributed by atoms with Crippen LogP contribution in [-0.4, -0.2) is 25.6 Å². The Morgan fingerprint density at radius 2 is 1.80 bits per heavy atom. The highest BCUT2D eigenvalue weighted by Gasteiger charge is 2.47. The first-order valence-electron chi connectivity index (χ1n) is 6.13. The number of hydrogen-bond donors (Lipinski definition) is 1. The maximum absolute atomic E-state index is 13.3. The lowest BCUT2D eigenvalue weighted by Crippen LogP contribution is -2.39. The third-order valence-electron chi connectivity index (χ3n) is 3.08. The second-order valence-electron chi connectivity index (χ2n) is 4.89. The zero-order valence-electron chi connectivity index (χ0n) is 10.8. The van der Waals surface area contributed by atoms with Crippen molar-refractivity contribution in [1.82, 2.24) is 0 Å². The van der Waals surface area contributed by atoms with Crippen LogP contribution in [-0.2, 0) is 0 Å². The summed E-state index contributed by atoms with van der Waals surface area (Å²) in [6.07, 6.45) is -3.83. The summed E-state index contributed by atoms with van der Waals surface area (Å²) in [6.45, 7) is 2.70. The van der Waals surface area contributed by atoms with Crippen LogP contribution in [0.5, 0.6) is 11.5 Å². The molecule has 0 aliphatic carbocycles. The molecular weight excluding hydrogens is 278 g/mol. The fourth-order valence-electron chi connectivity index (χ4n) is 1.82. The van der Waals surface area contributed by atoms with Crippen LogP contribution in [0, 0.1) is 5.92 Å². The molecule has 112 valence electrons. The number of hydrogen-bond acceptors (Lipinski definition) is 3. The monoisotopic (exact) mass is 293 g/mol. The van der Waals surface area contributed by atoms with Crippen LogP contribution in [0.4, 0.5) is 17.6 Å².